The van der Waals surface area contributed by atoms with Gasteiger partial charge in [-0.3, -0.25) is 4.79 Å². The summed E-state index contributed by atoms with van der Waals surface area (Å²) in [4.78, 5) is 14.3. The van der Waals surface area contributed by atoms with E-state index >= 15 is 0 Å². The lowest BCUT2D eigenvalue weighted by atomic mass is 10.2. The third-order valence-corrected chi connectivity index (χ3v) is 4.21. The van der Waals surface area contributed by atoms with Crippen molar-refractivity contribution in [3.8, 4) is 5.88 Å². The molecule has 0 radical (unpaired) electrons. The Morgan fingerprint density at radius 3 is 2.40 bits per heavy atom. The van der Waals surface area contributed by atoms with Crippen LogP contribution in [0.5, 0.6) is 5.88 Å². The molecule has 0 aliphatic carbocycles. The van der Waals surface area contributed by atoms with Crippen molar-refractivity contribution in [2.75, 3.05) is 6.61 Å². The van der Waals surface area contributed by atoms with Gasteiger partial charge >= 0.3 is 6.18 Å². The van der Waals surface area contributed by atoms with E-state index in [1.807, 2.05) is 0 Å². The van der Waals surface area contributed by atoms with E-state index in [1.54, 1.807) is 0 Å². The molecule has 8 heteroatoms. The Morgan fingerprint density at radius 2 is 1.95 bits per heavy atom. The Kier molecular flexibility index (Phi) is 4.80. The molecule has 112 valence electrons. The Labute approximate surface area is 116 Å². The first-order valence-corrected chi connectivity index (χ1v) is 9.72. The van der Waals surface area contributed by atoms with Crippen molar-refractivity contribution in [2.45, 2.75) is 31.9 Å². The predicted molar refractivity (Wildman–Crippen MR) is 71.4 cm³/mol. The zero-order chi connectivity index (χ0) is 15.6. The number of carbonyl (C=O) groups excluding carboxylic acids is 1. The highest BCUT2D eigenvalue weighted by atomic mass is 28.3. The van der Waals surface area contributed by atoms with Crippen LogP contribution in [0.1, 0.15) is 16.1 Å². The van der Waals surface area contributed by atoms with Crippen LogP contribution in [0.25, 0.3) is 0 Å². The van der Waals surface area contributed by atoms with Gasteiger partial charge in [0.15, 0.2) is 5.69 Å². The molecular weight excluding hydrogens is 289 g/mol. The molecule has 0 bridgehead atoms. The second-order valence-electron chi connectivity index (χ2n) is 5.57. The van der Waals surface area contributed by atoms with Crippen LogP contribution in [0.2, 0.25) is 25.7 Å². The zero-order valence-electron chi connectivity index (χ0n) is 11.5. The van der Waals surface area contributed by atoms with Crippen molar-refractivity contribution in [3.63, 3.8) is 0 Å². The van der Waals surface area contributed by atoms with E-state index in [0.29, 0.717) is 6.61 Å². The molecule has 0 fully saturated rings. The second-order valence-corrected chi connectivity index (χ2v) is 11.2. The van der Waals surface area contributed by atoms with Crippen LogP contribution in [0.3, 0.4) is 0 Å². The maximum absolute atomic E-state index is 12.8. The van der Waals surface area contributed by atoms with Gasteiger partial charge in [-0.05, 0) is 12.1 Å². The fraction of sp³-hybridized carbons (Fsp3) is 0.500. The van der Waals surface area contributed by atoms with Crippen LogP contribution < -0.4 is 10.5 Å². The lowest BCUT2D eigenvalue weighted by Gasteiger charge is -2.16. The number of amides is 1. The number of nitrogens with zero attached hydrogens (tertiary/aromatic N) is 1. The molecule has 0 unspecified atom stereocenters. The lowest BCUT2D eigenvalue weighted by Crippen LogP contribution is -2.23. The first kappa shape index (κ1) is 16.5. The van der Waals surface area contributed by atoms with Crippen LogP contribution in [0.4, 0.5) is 13.2 Å². The summed E-state index contributed by atoms with van der Waals surface area (Å²) in [5, 5.41) is 0. The number of nitrogens with two attached hydrogens (primary N) is 1. The molecule has 0 aliphatic heterocycles. The van der Waals surface area contributed by atoms with Crippen molar-refractivity contribution in [3.05, 3.63) is 23.4 Å². The standard InChI is InChI=1S/C12H17F3N2O2Si/c1-20(2,3)7-6-19-9-5-4-8(11(16)18)10(17-9)12(13,14)15/h4-5H,6-7H2,1-3H3,(H2,16,18). The van der Waals surface area contributed by atoms with E-state index in [-0.39, 0.29) is 5.88 Å². The zero-order valence-corrected chi connectivity index (χ0v) is 12.5. The molecule has 4 nitrogen and oxygen atoms in total. The fourth-order valence-corrected chi connectivity index (χ4v) is 2.11. The molecule has 20 heavy (non-hydrogen) atoms. The predicted octanol–water partition coefficient (Wildman–Crippen LogP) is 2.92. The van der Waals surface area contributed by atoms with Gasteiger partial charge in [-0.2, -0.15) is 13.2 Å². The number of carbonyl (C=O) groups is 1. The van der Waals surface area contributed by atoms with Crippen molar-refractivity contribution in [1.82, 2.24) is 4.98 Å². The van der Waals surface area contributed by atoms with Crippen molar-refractivity contribution in [2.24, 2.45) is 5.73 Å². The van der Waals surface area contributed by atoms with Crippen LogP contribution in [0.15, 0.2) is 12.1 Å². The van der Waals surface area contributed by atoms with Crippen LogP contribution >= 0.6 is 0 Å². The van der Waals surface area contributed by atoms with Gasteiger partial charge in [-0.25, -0.2) is 4.98 Å². The topological polar surface area (TPSA) is 65.2 Å². The molecule has 0 spiro atoms. The number of hydrogen-bond donors (Lipinski definition) is 1. The molecule has 1 aromatic rings. The third-order valence-electron chi connectivity index (χ3n) is 2.51. The first-order valence-electron chi connectivity index (χ1n) is 6.01. The second kappa shape index (κ2) is 5.82. The highest BCUT2D eigenvalue weighted by Gasteiger charge is 2.37. The molecule has 0 aromatic carbocycles. The summed E-state index contributed by atoms with van der Waals surface area (Å²) >= 11 is 0. The minimum absolute atomic E-state index is 0.152. The molecular formula is C12H17F3N2O2Si. The number of pyridine rings is 1. The van der Waals surface area contributed by atoms with E-state index in [9.17, 15) is 18.0 Å². The van der Waals surface area contributed by atoms with Gasteiger partial charge in [0, 0.05) is 14.1 Å². The van der Waals surface area contributed by atoms with Crippen molar-refractivity contribution < 1.29 is 22.7 Å². The van der Waals surface area contributed by atoms with Gasteiger partial charge in [-0.15, -0.1) is 0 Å². The number of halogens is 3. The number of rotatable bonds is 5. The molecule has 1 heterocycles. The molecule has 1 rings (SSSR count). The van der Waals surface area contributed by atoms with Gasteiger partial charge in [0.1, 0.15) is 0 Å². The smallest absolute Gasteiger partial charge is 0.434 e. The minimum atomic E-state index is -4.75. The highest BCUT2D eigenvalue weighted by molar-refractivity contribution is 6.76. The normalized spacial score (nSPS) is 12.3. The average molecular weight is 306 g/mol. The van der Waals surface area contributed by atoms with Crippen LogP contribution in [-0.4, -0.2) is 25.6 Å². The number of aromatic nitrogens is 1. The molecule has 0 saturated carbocycles. The molecule has 2 N–H and O–H groups in total. The monoisotopic (exact) mass is 306 g/mol. The first-order chi connectivity index (χ1) is 9.00. The summed E-state index contributed by atoms with van der Waals surface area (Å²) in [5.74, 6) is -1.32. The Bertz CT molecular complexity index is 498. The minimum Gasteiger partial charge on any atom is -0.478 e. The van der Waals surface area contributed by atoms with E-state index in [4.69, 9.17) is 10.5 Å². The van der Waals surface area contributed by atoms with Gasteiger partial charge in [0.25, 0.3) is 5.91 Å². The molecule has 1 amide bonds. The molecule has 0 atom stereocenters. The Morgan fingerprint density at radius 1 is 1.35 bits per heavy atom. The third kappa shape index (κ3) is 4.84. The quantitative estimate of drug-likeness (QED) is 0.851. The SMILES string of the molecule is C[Si](C)(C)CCOc1ccc(C(N)=O)c(C(F)(F)F)n1. The summed E-state index contributed by atoms with van der Waals surface area (Å²) in [6.07, 6.45) is -4.75. The summed E-state index contributed by atoms with van der Waals surface area (Å²) in [6, 6.07) is 3.01. The van der Waals surface area contributed by atoms with Crippen LogP contribution in [0, 0.1) is 0 Å². The van der Waals surface area contributed by atoms with Gasteiger partial charge in [0.2, 0.25) is 5.88 Å². The summed E-state index contributed by atoms with van der Waals surface area (Å²) in [6.45, 7) is 6.68. The summed E-state index contributed by atoms with van der Waals surface area (Å²) in [5.41, 5.74) is 2.94. The van der Waals surface area contributed by atoms with Crippen molar-refractivity contribution >= 4 is 14.0 Å². The lowest BCUT2D eigenvalue weighted by molar-refractivity contribution is -0.141. The Balaban J connectivity index is 2.93. The molecule has 0 saturated heterocycles. The van der Waals surface area contributed by atoms with Gasteiger partial charge in [-0.1, -0.05) is 19.6 Å². The highest BCUT2D eigenvalue weighted by Crippen LogP contribution is 2.31. The number of ether oxygens (including phenoxy) is 1. The average Bonchev–Trinajstić information content (AvgIpc) is 2.25. The largest absolute Gasteiger partial charge is 0.478 e. The fourth-order valence-electron chi connectivity index (χ4n) is 1.40. The van der Waals surface area contributed by atoms with E-state index in [2.05, 4.69) is 24.6 Å². The number of primary amides is 1. The number of hydrogen-bond acceptors (Lipinski definition) is 3. The molecule has 0 aliphatic rings. The maximum atomic E-state index is 12.8. The summed E-state index contributed by atoms with van der Waals surface area (Å²) < 4.78 is 43.6. The number of alkyl halides is 3. The van der Waals surface area contributed by atoms with Gasteiger partial charge in [0.05, 0.1) is 12.2 Å². The van der Waals surface area contributed by atoms with E-state index in [0.717, 1.165) is 12.1 Å². The van der Waals surface area contributed by atoms with Crippen LogP contribution in [-0.2, 0) is 6.18 Å². The van der Waals surface area contributed by atoms with Crippen molar-refractivity contribution in [1.29, 1.82) is 0 Å². The Hall–Kier alpha value is -1.57. The molecule has 1 aromatic heterocycles. The van der Waals surface area contributed by atoms with E-state index < -0.39 is 31.4 Å². The van der Waals surface area contributed by atoms with E-state index in [1.165, 1.54) is 6.07 Å². The van der Waals surface area contributed by atoms with Gasteiger partial charge < -0.3 is 10.5 Å². The summed E-state index contributed by atoms with van der Waals surface area (Å²) in [7, 11) is -1.34. The maximum Gasteiger partial charge on any atom is 0.434 e.